The Morgan fingerprint density at radius 3 is 2.48 bits per heavy atom. The smallest absolute Gasteiger partial charge is 0.396 e. The van der Waals surface area contributed by atoms with Crippen molar-refractivity contribution in [3.05, 3.63) is 34.3 Å². The molecule has 0 spiro atoms. The van der Waals surface area contributed by atoms with Gasteiger partial charge in [0.2, 0.25) is 0 Å². The molecule has 118 valence electrons. The number of nitrogens with one attached hydrogen (secondary N) is 1. The number of piperazine rings is 1. The van der Waals surface area contributed by atoms with Gasteiger partial charge in [-0.25, -0.2) is 0 Å². The Morgan fingerprint density at radius 2 is 1.90 bits per heavy atom. The highest BCUT2D eigenvalue weighted by Crippen LogP contribution is 2.35. The van der Waals surface area contributed by atoms with Crippen LogP contribution in [-0.4, -0.2) is 42.8 Å². The van der Waals surface area contributed by atoms with Crippen LogP contribution < -0.4 is 5.32 Å². The van der Waals surface area contributed by atoms with E-state index >= 15 is 0 Å². The fourth-order valence-corrected chi connectivity index (χ4v) is 2.89. The number of alkyl halides is 3. The molecule has 0 saturated carbocycles. The van der Waals surface area contributed by atoms with Gasteiger partial charge in [0.15, 0.2) is 0 Å². The third-order valence-electron chi connectivity index (χ3n) is 3.63. The Kier molecular flexibility index (Phi) is 5.48. The summed E-state index contributed by atoms with van der Waals surface area (Å²) in [6, 6.07) is 3.36. The number of hydrogen-bond donors (Lipinski definition) is 2. The number of benzene rings is 1. The topological polar surface area (TPSA) is 35.5 Å². The first-order chi connectivity index (χ1) is 9.91. The Balaban J connectivity index is 2.32. The minimum atomic E-state index is -4.42. The zero-order valence-corrected chi connectivity index (χ0v) is 12.2. The Hall–Kier alpha value is -0.820. The normalized spacial score (nSPS) is 18.7. The van der Waals surface area contributed by atoms with E-state index in [2.05, 4.69) is 10.2 Å². The lowest BCUT2D eigenvalue weighted by Gasteiger charge is -2.35. The van der Waals surface area contributed by atoms with Crippen LogP contribution in [0.4, 0.5) is 13.2 Å². The highest BCUT2D eigenvalue weighted by molar-refractivity contribution is 6.30. The zero-order valence-electron chi connectivity index (χ0n) is 11.5. The van der Waals surface area contributed by atoms with Crippen LogP contribution in [0.3, 0.4) is 0 Å². The molecular formula is C14H18ClF3N2O. The second-order valence-electron chi connectivity index (χ2n) is 5.09. The molecule has 0 amide bonds. The summed E-state index contributed by atoms with van der Waals surface area (Å²) in [7, 11) is 0. The summed E-state index contributed by atoms with van der Waals surface area (Å²) in [6.07, 6.45) is -4.04. The monoisotopic (exact) mass is 322 g/mol. The van der Waals surface area contributed by atoms with E-state index < -0.39 is 11.7 Å². The first kappa shape index (κ1) is 16.5. The van der Waals surface area contributed by atoms with Crippen molar-refractivity contribution in [1.29, 1.82) is 0 Å². The fourth-order valence-electron chi connectivity index (χ4n) is 2.64. The quantitative estimate of drug-likeness (QED) is 0.894. The molecule has 1 atom stereocenters. The van der Waals surface area contributed by atoms with Crippen molar-refractivity contribution >= 4 is 11.6 Å². The van der Waals surface area contributed by atoms with Gasteiger partial charge >= 0.3 is 6.18 Å². The summed E-state index contributed by atoms with van der Waals surface area (Å²) in [6.45, 7) is 2.96. The van der Waals surface area contributed by atoms with Crippen LogP contribution in [0, 0.1) is 0 Å². The Morgan fingerprint density at radius 1 is 1.24 bits per heavy atom. The van der Waals surface area contributed by atoms with E-state index in [-0.39, 0.29) is 17.7 Å². The molecule has 0 unspecified atom stereocenters. The van der Waals surface area contributed by atoms with Crippen LogP contribution in [0.5, 0.6) is 0 Å². The maximum absolute atomic E-state index is 12.9. The van der Waals surface area contributed by atoms with Crippen LogP contribution >= 0.6 is 11.6 Å². The number of halogens is 4. The minimum absolute atomic E-state index is 0.0675. The van der Waals surface area contributed by atoms with Crippen molar-refractivity contribution in [2.45, 2.75) is 18.6 Å². The standard InChI is InChI=1S/C14H18ClF3N2O/c15-12-8-10(7-11(9-12)14(16,17)18)13(1-6-21)20-4-2-19-3-5-20/h7-9,13,19,21H,1-6H2/t13-/m1/s1. The predicted molar refractivity (Wildman–Crippen MR) is 75.3 cm³/mol. The number of hydrogen-bond acceptors (Lipinski definition) is 3. The highest BCUT2D eigenvalue weighted by Gasteiger charge is 2.32. The summed E-state index contributed by atoms with van der Waals surface area (Å²) < 4.78 is 38.7. The molecule has 0 radical (unpaired) electrons. The number of aliphatic hydroxyl groups is 1. The first-order valence-corrected chi connectivity index (χ1v) is 7.23. The molecule has 1 aromatic carbocycles. The van der Waals surface area contributed by atoms with Gasteiger partial charge in [-0.1, -0.05) is 11.6 Å². The summed E-state index contributed by atoms with van der Waals surface area (Å²) in [5.74, 6) is 0. The average Bonchev–Trinajstić information content (AvgIpc) is 2.44. The molecule has 0 aliphatic carbocycles. The van der Waals surface area contributed by atoms with Crippen molar-refractivity contribution in [2.75, 3.05) is 32.8 Å². The number of rotatable bonds is 4. The maximum atomic E-state index is 12.9. The lowest BCUT2D eigenvalue weighted by atomic mass is 9.99. The van der Waals surface area contributed by atoms with E-state index in [0.717, 1.165) is 38.3 Å². The second kappa shape index (κ2) is 6.96. The third kappa shape index (κ3) is 4.32. The first-order valence-electron chi connectivity index (χ1n) is 6.85. The number of aliphatic hydroxyl groups excluding tert-OH is 1. The van der Waals surface area contributed by atoms with Crippen molar-refractivity contribution < 1.29 is 18.3 Å². The summed E-state index contributed by atoms with van der Waals surface area (Å²) in [5, 5.41) is 12.5. The van der Waals surface area contributed by atoms with Crippen molar-refractivity contribution in [3.63, 3.8) is 0 Å². The van der Waals surface area contributed by atoms with Gasteiger partial charge in [-0.3, -0.25) is 4.90 Å². The lowest BCUT2D eigenvalue weighted by Crippen LogP contribution is -2.45. The molecule has 3 nitrogen and oxygen atoms in total. The number of nitrogens with zero attached hydrogens (tertiary/aromatic N) is 1. The largest absolute Gasteiger partial charge is 0.416 e. The predicted octanol–water partition coefficient (Wildman–Crippen LogP) is 2.69. The molecule has 1 fully saturated rings. The van der Waals surface area contributed by atoms with Gasteiger partial charge < -0.3 is 10.4 Å². The SMILES string of the molecule is OCC[C@H](c1cc(Cl)cc(C(F)(F)F)c1)N1CCNCC1. The Bertz CT molecular complexity index is 476. The molecule has 0 aromatic heterocycles. The molecule has 2 rings (SSSR count). The molecule has 0 bridgehead atoms. The van der Waals surface area contributed by atoms with Crippen molar-refractivity contribution in [3.8, 4) is 0 Å². The highest BCUT2D eigenvalue weighted by atomic mass is 35.5. The average molecular weight is 323 g/mol. The molecule has 7 heteroatoms. The summed E-state index contributed by atoms with van der Waals surface area (Å²) in [5.41, 5.74) is -0.242. The molecule has 1 saturated heterocycles. The molecule has 21 heavy (non-hydrogen) atoms. The van der Waals surface area contributed by atoms with E-state index in [1.165, 1.54) is 0 Å². The molecule has 2 N–H and O–H groups in total. The minimum Gasteiger partial charge on any atom is -0.396 e. The lowest BCUT2D eigenvalue weighted by molar-refractivity contribution is -0.137. The van der Waals surface area contributed by atoms with Gasteiger partial charge in [-0.15, -0.1) is 0 Å². The van der Waals surface area contributed by atoms with Crippen LogP contribution in [0.15, 0.2) is 18.2 Å². The van der Waals surface area contributed by atoms with Crippen LogP contribution in [0.2, 0.25) is 5.02 Å². The molecular weight excluding hydrogens is 305 g/mol. The van der Waals surface area contributed by atoms with E-state index in [0.29, 0.717) is 12.0 Å². The van der Waals surface area contributed by atoms with Gasteiger partial charge in [0.25, 0.3) is 0 Å². The van der Waals surface area contributed by atoms with E-state index in [4.69, 9.17) is 11.6 Å². The van der Waals surface area contributed by atoms with Crippen molar-refractivity contribution in [1.82, 2.24) is 10.2 Å². The molecule has 1 heterocycles. The van der Waals surface area contributed by atoms with Gasteiger partial charge in [0, 0.05) is 43.9 Å². The van der Waals surface area contributed by atoms with Gasteiger partial charge in [-0.2, -0.15) is 13.2 Å². The van der Waals surface area contributed by atoms with Gasteiger partial charge in [0.05, 0.1) is 5.56 Å². The maximum Gasteiger partial charge on any atom is 0.416 e. The zero-order chi connectivity index (χ0) is 15.5. The van der Waals surface area contributed by atoms with Crippen LogP contribution in [-0.2, 0) is 6.18 Å². The summed E-state index contributed by atoms with van der Waals surface area (Å²) in [4.78, 5) is 2.08. The van der Waals surface area contributed by atoms with Crippen LogP contribution in [0.1, 0.15) is 23.6 Å². The van der Waals surface area contributed by atoms with E-state index in [1.54, 1.807) is 6.07 Å². The second-order valence-corrected chi connectivity index (χ2v) is 5.52. The fraction of sp³-hybridized carbons (Fsp3) is 0.571. The van der Waals surface area contributed by atoms with Gasteiger partial charge in [-0.05, 0) is 30.2 Å². The van der Waals surface area contributed by atoms with Gasteiger partial charge in [0.1, 0.15) is 0 Å². The van der Waals surface area contributed by atoms with Crippen molar-refractivity contribution in [2.24, 2.45) is 0 Å². The van der Waals surface area contributed by atoms with E-state index in [9.17, 15) is 18.3 Å². The molecule has 1 aliphatic rings. The van der Waals surface area contributed by atoms with Crippen LogP contribution in [0.25, 0.3) is 0 Å². The third-order valence-corrected chi connectivity index (χ3v) is 3.85. The Labute approximate surface area is 126 Å². The molecule has 1 aliphatic heterocycles. The van der Waals surface area contributed by atoms with E-state index in [1.807, 2.05) is 0 Å². The molecule has 1 aromatic rings. The summed E-state index contributed by atoms with van der Waals surface area (Å²) >= 11 is 5.85.